The van der Waals surface area contributed by atoms with E-state index in [9.17, 15) is 8.42 Å². The van der Waals surface area contributed by atoms with Crippen molar-refractivity contribution in [2.24, 2.45) is 0 Å². The van der Waals surface area contributed by atoms with E-state index < -0.39 is 10.0 Å². The van der Waals surface area contributed by atoms with E-state index in [0.29, 0.717) is 25.9 Å². The third kappa shape index (κ3) is 4.22. The molecule has 0 bridgehead atoms. The predicted molar refractivity (Wildman–Crippen MR) is 87.0 cm³/mol. The van der Waals surface area contributed by atoms with Gasteiger partial charge in [-0.15, -0.1) is 0 Å². The fourth-order valence-electron chi connectivity index (χ4n) is 3.10. The maximum Gasteiger partial charge on any atom is 0.214 e. The molecule has 0 spiro atoms. The van der Waals surface area contributed by atoms with Crippen LogP contribution in [0.2, 0.25) is 0 Å². The van der Waals surface area contributed by atoms with Crippen molar-refractivity contribution >= 4 is 10.0 Å². The first kappa shape index (κ1) is 16.7. The molecule has 0 aromatic carbocycles. The predicted octanol–water partition coefficient (Wildman–Crippen LogP) is 1.74. The summed E-state index contributed by atoms with van der Waals surface area (Å²) in [6.07, 6.45) is 5.04. The Morgan fingerprint density at radius 3 is 3.04 bits per heavy atom. The number of hydrogen-bond acceptors (Lipinski definition) is 5. The summed E-state index contributed by atoms with van der Waals surface area (Å²) in [5, 5.41) is 0. The average molecular weight is 340 g/mol. The topological polar surface area (TPSA) is 68.7 Å². The number of rotatable bonds is 6. The zero-order valence-corrected chi connectivity index (χ0v) is 14.3. The van der Waals surface area contributed by atoms with Crippen LogP contribution in [0.1, 0.15) is 31.4 Å². The summed E-state index contributed by atoms with van der Waals surface area (Å²) in [6.45, 7) is 3.59. The Labute approximate surface area is 137 Å². The lowest BCUT2D eigenvalue weighted by Gasteiger charge is -2.18. The summed E-state index contributed by atoms with van der Waals surface area (Å²) in [4.78, 5) is 4.19. The maximum absolute atomic E-state index is 12.5. The van der Waals surface area contributed by atoms with Crippen LogP contribution in [0.15, 0.2) is 18.3 Å². The van der Waals surface area contributed by atoms with Gasteiger partial charge in [-0.2, -0.15) is 4.31 Å². The molecule has 2 atom stereocenters. The first-order valence-electron chi connectivity index (χ1n) is 8.22. The SMILES string of the molecule is Cc1ncccc1O[C@@H]1CCN(S(=O)(=O)CC[C@H]2CCCO2)C1. The average Bonchev–Trinajstić information content (AvgIpc) is 3.19. The van der Waals surface area contributed by atoms with Gasteiger partial charge in [0.05, 0.1) is 24.1 Å². The molecule has 0 aliphatic carbocycles. The standard InChI is InChI=1S/C16H24N2O4S/c1-13-16(5-2-8-17-13)22-15-6-9-18(12-15)23(19,20)11-7-14-4-3-10-21-14/h2,5,8,14-15H,3-4,6-7,9-12H2,1H3/t14-,15-/m1/s1. The van der Waals surface area contributed by atoms with Crippen molar-refractivity contribution in [3.63, 3.8) is 0 Å². The van der Waals surface area contributed by atoms with Crippen LogP contribution in [0.25, 0.3) is 0 Å². The molecule has 1 aromatic rings. The third-order valence-corrected chi connectivity index (χ3v) is 6.35. The lowest BCUT2D eigenvalue weighted by molar-refractivity contribution is 0.108. The Kier molecular flexibility index (Phi) is 5.18. The van der Waals surface area contributed by atoms with Crippen molar-refractivity contribution in [2.45, 2.75) is 44.8 Å². The van der Waals surface area contributed by atoms with Gasteiger partial charge in [0.25, 0.3) is 0 Å². The van der Waals surface area contributed by atoms with Crippen molar-refractivity contribution in [1.82, 2.24) is 9.29 Å². The van der Waals surface area contributed by atoms with Crippen molar-refractivity contribution in [2.75, 3.05) is 25.4 Å². The summed E-state index contributed by atoms with van der Waals surface area (Å²) < 4.78 is 37.9. The largest absolute Gasteiger partial charge is 0.487 e. The molecule has 7 heteroatoms. The summed E-state index contributed by atoms with van der Waals surface area (Å²) in [6, 6.07) is 3.70. The summed E-state index contributed by atoms with van der Waals surface area (Å²) in [5.41, 5.74) is 0.826. The van der Waals surface area contributed by atoms with Gasteiger partial charge in [-0.3, -0.25) is 4.98 Å². The zero-order valence-electron chi connectivity index (χ0n) is 13.5. The number of aryl methyl sites for hydroxylation is 1. The van der Waals surface area contributed by atoms with Crippen LogP contribution in [-0.2, 0) is 14.8 Å². The van der Waals surface area contributed by atoms with E-state index in [1.54, 1.807) is 10.5 Å². The summed E-state index contributed by atoms with van der Waals surface area (Å²) in [7, 11) is -3.23. The minimum atomic E-state index is -3.23. The third-order valence-electron chi connectivity index (χ3n) is 4.47. The van der Waals surface area contributed by atoms with Crippen LogP contribution in [0.3, 0.4) is 0 Å². The molecule has 6 nitrogen and oxygen atoms in total. The van der Waals surface area contributed by atoms with Crippen LogP contribution in [0.5, 0.6) is 5.75 Å². The molecule has 0 amide bonds. The Morgan fingerprint density at radius 1 is 1.43 bits per heavy atom. The second-order valence-electron chi connectivity index (χ2n) is 6.21. The number of aromatic nitrogens is 1. The maximum atomic E-state index is 12.5. The van der Waals surface area contributed by atoms with Crippen LogP contribution in [0, 0.1) is 6.92 Å². The molecule has 0 N–H and O–H groups in total. The van der Waals surface area contributed by atoms with Gasteiger partial charge in [0.2, 0.25) is 10.0 Å². The molecule has 3 heterocycles. The quantitative estimate of drug-likeness (QED) is 0.789. The summed E-state index contributed by atoms with van der Waals surface area (Å²) >= 11 is 0. The van der Waals surface area contributed by atoms with E-state index >= 15 is 0 Å². The minimum Gasteiger partial charge on any atom is -0.487 e. The van der Waals surface area contributed by atoms with Gasteiger partial charge in [0, 0.05) is 19.3 Å². The van der Waals surface area contributed by atoms with Gasteiger partial charge < -0.3 is 9.47 Å². The van der Waals surface area contributed by atoms with Crippen molar-refractivity contribution in [3.05, 3.63) is 24.0 Å². The van der Waals surface area contributed by atoms with Gasteiger partial charge in [-0.25, -0.2) is 8.42 Å². The van der Waals surface area contributed by atoms with Crippen LogP contribution in [-0.4, -0.2) is 55.4 Å². The molecule has 0 saturated carbocycles. The highest BCUT2D eigenvalue weighted by molar-refractivity contribution is 7.89. The van der Waals surface area contributed by atoms with Crippen LogP contribution >= 0.6 is 0 Å². The van der Waals surface area contributed by atoms with E-state index in [2.05, 4.69) is 4.98 Å². The number of pyridine rings is 1. The first-order chi connectivity index (χ1) is 11.0. The van der Waals surface area contributed by atoms with E-state index in [0.717, 1.165) is 30.9 Å². The molecule has 128 valence electrons. The molecule has 2 saturated heterocycles. The fourth-order valence-corrected chi connectivity index (χ4v) is 4.70. The van der Waals surface area contributed by atoms with E-state index in [1.165, 1.54) is 0 Å². The van der Waals surface area contributed by atoms with Crippen LogP contribution in [0.4, 0.5) is 0 Å². The van der Waals surface area contributed by atoms with Crippen LogP contribution < -0.4 is 4.74 Å². The molecule has 23 heavy (non-hydrogen) atoms. The number of hydrogen-bond donors (Lipinski definition) is 0. The monoisotopic (exact) mass is 340 g/mol. The normalized spacial score (nSPS) is 25.8. The molecule has 2 aliphatic rings. The number of nitrogens with zero attached hydrogens (tertiary/aromatic N) is 2. The molecule has 0 unspecified atom stereocenters. The van der Waals surface area contributed by atoms with Gasteiger partial charge in [0.15, 0.2) is 0 Å². The molecule has 3 rings (SSSR count). The lowest BCUT2D eigenvalue weighted by Crippen LogP contribution is -2.33. The van der Waals surface area contributed by atoms with E-state index in [-0.39, 0.29) is 18.0 Å². The van der Waals surface area contributed by atoms with E-state index in [4.69, 9.17) is 9.47 Å². The van der Waals surface area contributed by atoms with E-state index in [1.807, 2.05) is 19.1 Å². The Balaban J connectivity index is 1.53. The van der Waals surface area contributed by atoms with Gasteiger partial charge in [-0.05, 0) is 44.7 Å². The zero-order chi connectivity index (χ0) is 16.3. The van der Waals surface area contributed by atoms with Crippen molar-refractivity contribution in [3.8, 4) is 5.75 Å². The second-order valence-corrected chi connectivity index (χ2v) is 8.30. The highest BCUT2D eigenvalue weighted by Gasteiger charge is 2.33. The molecule has 2 fully saturated rings. The minimum absolute atomic E-state index is 0.101. The number of ether oxygens (including phenoxy) is 2. The smallest absolute Gasteiger partial charge is 0.214 e. The van der Waals surface area contributed by atoms with Gasteiger partial charge in [0.1, 0.15) is 11.9 Å². The van der Waals surface area contributed by atoms with Gasteiger partial charge >= 0.3 is 0 Å². The molecule has 0 radical (unpaired) electrons. The fraction of sp³-hybridized carbons (Fsp3) is 0.688. The first-order valence-corrected chi connectivity index (χ1v) is 9.83. The Morgan fingerprint density at radius 2 is 2.30 bits per heavy atom. The van der Waals surface area contributed by atoms with Gasteiger partial charge in [-0.1, -0.05) is 0 Å². The highest BCUT2D eigenvalue weighted by atomic mass is 32.2. The summed E-state index contributed by atoms with van der Waals surface area (Å²) in [5.74, 6) is 0.896. The Bertz CT molecular complexity index is 629. The van der Waals surface area contributed by atoms with Crippen molar-refractivity contribution in [1.29, 1.82) is 0 Å². The lowest BCUT2D eigenvalue weighted by atomic mass is 10.2. The van der Waals surface area contributed by atoms with Crippen molar-refractivity contribution < 1.29 is 17.9 Å². The molecule has 1 aromatic heterocycles. The molecular weight excluding hydrogens is 316 g/mol. The second kappa shape index (κ2) is 7.15. The Hall–Kier alpha value is -1.18. The highest BCUT2D eigenvalue weighted by Crippen LogP contribution is 2.23. The number of sulfonamides is 1. The molecular formula is C16H24N2O4S. The molecule has 2 aliphatic heterocycles.